The van der Waals surface area contributed by atoms with Crippen molar-refractivity contribution >= 4 is 16.8 Å². The number of amides is 1. The fraction of sp³-hybridized carbons (Fsp3) is 0.577. The van der Waals surface area contributed by atoms with Gasteiger partial charge in [0.25, 0.3) is 0 Å². The molecule has 2 aromatic rings. The summed E-state index contributed by atoms with van der Waals surface area (Å²) < 4.78 is 0. The maximum Gasteiger partial charge on any atom is 0.223 e. The minimum atomic E-state index is 0.357. The number of hydrogen-bond donors (Lipinski definition) is 1. The molecule has 0 radical (unpaired) electrons. The van der Waals surface area contributed by atoms with Gasteiger partial charge in [-0.05, 0) is 68.5 Å². The molecule has 0 saturated carbocycles. The third kappa shape index (κ3) is 3.11. The zero-order chi connectivity index (χ0) is 20.1. The number of H-pyrrole nitrogens is 1. The van der Waals surface area contributed by atoms with E-state index in [1.54, 1.807) is 5.57 Å². The summed E-state index contributed by atoms with van der Waals surface area (Å²) >= 11 is 0. The number of nitrogens with zero attached hydrogens (tertiary/aromatic N) is 2. The lowest BCUT2D eigenvalue weighted by atomic mass is 9.68. The molecule has 4 nitrogen and oxygen atoms in total. The zero-order valence-corrected chi connectivity index (χ0v) is 17.9. The smallest absolute Gasteiger partial charge is 0.223 e. The Bertz CT molecular complexity index is 976. The first-order valence-corrected chi connectivity index (χ1v) is 12.1. The highest BCUT2D eigenvalue weighted by atomic mass is 16.2. The second kappa shape index (κ2) is 7.56. The molecule has 3 fully saturated rings. The summed E-state index contributed by atoms with van der Waals surface area (Å²) in [5, 5.41) is 1.26. The molecule has 4 heteroatoms. The number of piperidine rings is 3. The van der Waals surface area contributed by atoms with Crippen molar-refractivity contribution < 1.29 is 4.79 Å². The Morgan fingerprint density at radius 3 is 3.03 bits per heavy atom. The van der Waals surface area contributed by atoms with Crippen molar-refractivity contribution in [3.8, 4) is 0 Å². The highest BCUT2D eigenvalue weighted by Crippen LogP contribution is 2.45. The number of fused-ring (bicyclic) bond motifs is 7. The Morgan fingerprint density at radius 2 is 2.07 bits per heavy atom. The predicted molar refractivity (Wildman–Crippen MR) is 120 cm³/mol. The van der Waals surface area contributed by atoms with E-state index in [2.05, 4.69) is 51.3 Å². The minimum Gasteiger partial charge on any atom is -0.361 e. The Morgan fingerprint density at radius 1 is 1.13 bits per heavy atom. The molecule has 158 valence electrons. The van der Waals surface area contributed by atoms with Crippen molar-refractivity contribution in [1.29, 1.82) is 0 Å². The van der Waals surface area contributed by atoms with Gasteiger partial charge in [-0.3, -0.25) is 9.69 Å². The van der Waals surface area contributed by atoms with Crippen molar-refractivity contribution in [1.82, 2.24) is 14.8 Å². The molecule has 2 bridgehead atoms. The number of aromatic nitrogens is 1. The van der Waals surface area contributed by atoms with Gasteiger partial charge in [-0.1, -0.05) is 36.3 Å². The maximum atomic E-state index is 13.4. The number of carbonyl (C=O) groups is 1. The van der Waals surface area contributed by atoms with E-state index in [0.29, 0.717) is 24.3 Å². The summed E-state index contributed by atoms with van der Waals surface area (Å²) in [5.41, 5.74) is 4.03. The van der Waals surface area contributed by atoms with Gasteiger partial charge in [0.05, 0.1) is 6.04 Å². The Labute approximate surface area is 179 Å². The molecule has 3 saturated heterocycles. The van der Waals surface area contributed by atoms with Crippen LogP contribution in [0.5, 0.6) is 0 Å². The topological polar surface area (TPSA) is 39.3 Å². The third-order valence-corrected chi connectivity index (χ3v) is 8.26. The molecular weight excluding hydrogens is 370 g/mol. The minimum absolute atomic E-state index is 0.357. The molecule has 4 atom stereocenters. The van der Waals surface area contributed by atoms with E-state index in [0.717, 1.165) is 31.3 Å². The molecule has 4 aliphatic rings. The standard InChI is InChI=1S/C26H33N3O/c30-25(11-10-19-16-27-23-8-2-1-7-22(19)23)29-13-5-6-18-14-20-15-21(26(18)29)17-28-12-4-3-9-24(20)28/h1-2,7-8,14,16,20-21,24,26-27H,3-6,9-13,15,17H2/t20-,21+,24+,26+/m0/s1. The van der Waals surface area contributed by atoms with Crippen LogP contribution in [0.25, 0.3) is 10.9 Å². The number of benzene rings is 1. The van der Waals surface area contributed by atoms with Gasteiger partial charge < -0.3 is 9.88 Å². The molecule has 4 heterocycles. The van der Waals surface area contributed by atoms with Gasteiger partial charge in [-0.15, -0.1) is 0 Å². The Balaban J connectivity index is 1.20. The molecular formula is C26H33N3O. The molecule has 3 aliphatic heterocycles. The van der Waals surface area contributed by atoms with E-state index in [9.17, 15) is 4.79 Å². The van der Waals surface area contributed by atoms with Crippen LogP contribution in [0, 0.1) is 11.8 Å². The van der Waals surface area contributed by atoms with Crippen molar-refractivity contribution in [2.45, 2.75) is 63.5 Å². The van der Waals surface area contributed by atoms with Crippen LogP contribution in [-0.2, 0) is 11.2 Å². The number of rotatable bonds is 3. The number of aromatic amines is 1. The van der Waals surface area contributed by atoms with Gasteiger partial charge >= 0.3 is 0 Å². The first-order chi connectivity index (χ1) is 14.8. The van der Waals surface area contributed by atoms with Crippen LogP contribution in [0.2, 0.25) is 0 Å². The summed E-state index contributed by atoms with van der Waals surface area (Å²) in [5.74, 6) is 1.73. The number of para-hydroxylation sites is 1. The number of hydrogen-bond acceptors (Lipinski definition) is 2. The fourth-order valence-corrected chi connectivity index (χ4v) is 6.98. The van der Waals surface area contributed by atoms with Gasteiger partial charge in [0.15, 0.2) is 0 Å². The lowest BCUT2D eigenvalue weighted by molar-refractivity contribution is -0.136. The van der Waals surface area contributed by atoms with E-state index in [4.69, 9.17) is 0 Å². The van der Waals surface area contributed by atoms with E-state index < -0.39 is 0 Å². The molecule has 30 heavy (non-hydrogen) atoms. The second-order valence-corrected chi connectivity index (χ2v) is 9.95. The molecule has 0 spiro atoms. The quantitative estimate of drug-likeness (QED) is 0.765. The van der Waals surface area contributed by atoms with Crippen LogP contribution in [0.4, 0.5) is 0 Å². The lowest BCUT2D eigenvalue weighted by Crippen LogP contribution is -2.60. The average molecular weight is 404 g/mol. The average Bonchev–Trinajstić information content (AvgIpc) is 3.20. The number of aryl methyl sites for hydroxylation is 1. The first-order valence-electron chi connectivity index (χ1n) is 12.1. The van der Waals surface area contributed by atoms with E-state index >= 15 is 0 Å². The van der Waals surface area contributed by atoms with Gasteiger partial charge in [-0.2, -0.15) is 0 Å². The highest BCUT2D eigenvalue weighted by Gasteiger charge is 2.46. The molecule has 1 aliphatic carbocycles. The number of carbonyl (C=O) groups excluding carboxylic acids is 1. The van der Waals surface area contributed by atoms with Gasteiger partial charge in [-0.25, -0.2) is 0 Å². The summed E-state index contributed by atoms with van der Waals surface area (Å²) in [7, 11) is 0. The van der Waals surface area contributed by atoms with Crippen LogP contribution in [0.15, 0.2) is 42.1 Å². The third-order valence-electron chi connectivity index (χ3n) is 8.26. The Kier molecular flexibility index (Phi) is 4.71. The van der Waals surface area contributed by atoms with Crippen molar-refractivity contribution in [2.75, 3.05) is 19.6 Å². The van der Waals surface area contributed by atoms with Crippen LogP contribution >= 0.6 is 0 Å². The van der Waals surface area contributed by atoms with Gasteiger partial charge in [0.1, 0.15) is 0 Å². The SMILES string of the molecule is O=C(CCc1c[nH]c2ccccc12)N1CCCC2=C[C@H]3C[C@H](CN4CCCC[C@H]34)[C@@H]21. The van der Waals surface area contributed by atoms with Crippen molar-refractivity contribution in [3.05, 3.63) is 47.7 Å². The van der Waals surface area contributed by atoms with Gasteiger partial charge in [0.2, 0.25) is 5.91 Å². The molecule has 1 aromatic heterocycles. The van der Waals surface area contributed by atoms with Crippen LogP contribution in [0.1, 0.15) is 50.5 Å². The maximum absolute atomic E-state index is 13.4. The van der Waals surface area contributed by atoms with Crippen molar-refractivity contribution in [2.24, 2.45) is 11.8 Å². The number of nitrogens with one attached hydrogen (secondary N) is 1. The summed E-state index contributed by atoms with van der Waals surface area (Å²) in [6, 6.07) is 9.55. The summed E-state index contributed by atoms with van der Waals surface area (Å²) in [4.78, 5) is 21.8. The van der Waals surface area contributed by atoms with Gasteiger partial charge in [0, 0.05) is 42.7 Å². The highest BCUT2D eigenvalue weighted by molar-refractivity contribution is 5.84. The van der Waals surface area contributed by atoms with E-state index in [1.807, 2.05) is 0 Å². The Hall–Kier alpha value is -2.07. The molecule has 1 N–H and O–H groups in total. The fourth-order valence-electron chi connectivity index (χ4n) is 6.98. The van der Waals surface area contributed by atoms with Crippen molar-refractivity contribution in [3.63, 3.8) is 0 Å². The van der Waals surface area contributed by atoms with E-state index in [1.165, 1.54) is 61.7 Å². The zero-order valence-electron chi connectivity index (χ0n) is 17.9. The second-order valence-electron chi connectivity index (χ2n) is 9.95. The van der Waals surface area contributed by atoms with Crippen LogP contribution in [-0.4, -0.2) is 52.4 Å². The summed E-state index contributed by atoms with van der Waals surface area (Å²) in [6.45, 7) is 3.41. The van der Waals surface area contributed by atoms with E-state index in [-0.39, 0.29) is 0 Å². The molecule has 0 unspecified atom stereocenters. The summed E-state index contributed by atoms with van der Waals surface area (Å²) in [6.07, 6.45) is 13.9. The molecule has 1 amide bonds. The molecule has 1 aromatic carbocycles. The normalized spacial score (nSPS) is 31.2. The van der Waals surface area contributed by atoms with Crippen LogP contribution < -0.4 is 0 Å². The largest absolute Gasteiger partial charge is 0.361 e. The number of likely N-dealkylation sites (tertiary alicyclic amines) is 1. The van der Waals surface area contributed by atoms with Crippen LogP contribution in [0.3, 0.4) is 0 Å². The first kappa shape index (κ1) is 18.7. The monoisotopic (exact) mass is 403 g/mol. The molecule has 6 rings (SSSR count). The lowest BCUT2D eigenvalue weighted by Gasteiger charge is -2.54. The predicted octanol–water partition coefficient (Wildman–Crippen LogP) is 4.52.